The number of aromatic nitrogens is 1. The van der Waals surface area contributed by atoms with Crippen LogP contribution in [0.2, 0.25) is 0 Å². The third-order valence-corrected chi connectivity index (χ3v) is 3.25. The average molecular weight is 317 g/mol. The van der Waals surface area contributed by atoms with Crippen LogP contribution in [0.5, 0.6) is 0 Å². The van der Waals surface area contributed by atoms with Gasteiger partial charge in [0.25, 0.3) is 5.91 Å². The zero-order chi connectivity index (χ0) is 16.5. The molecule has 6 heteroatoms. The second-order valence-electron chi connectivity index (χ2n) is 5.01. The van der Waals surface area contributed by atoms with E-state index in [4.69, 9.17) is 4.74 Å². The van der Waals surface area contributed by atoms with Gasteiger partial charge in [-0.1, -0.05) is 12.1 Å². The second kappa shape index (κ2) is 8.85. The van der Waals surface area contributed by atoms with Crippen LogP contribution in [0, 0.1) is 5.82 Å². The maximum atomic E-state index is 12.8. The lowest BCUT2D eigenvalue weighted by Gasteiger charge is -2.08. The number of benzene rings is 1. The highest BCUT2D eigenvalue weighted by Crippen LogP contribution is 2.09. The molecule has 0 unspecified atom stereocenters. The fourth-order valence-corrected chi connectivity index (χ4v) is 2.03. The van der Waals surface area contributed by atoms with E-state index < -0.39 is 0 Å². The summed E-state index contributed by atoms with van der Waals surface area (Å²) >= 11 is 0. The molecular weight excluding hydrogens is 297 g/mol. The van der Waals surface area contributed by atoms with Crippen molar-refractivity contribution in [2.24, 2.45) is 0 Å². The molecule has 2 rings (SSSR count). The van der Waals surface area contributed by atoms with Gasteiger partial charge in [-0.3, -0.25) is 9.78 Å². The smallest absolute Gasteiger partial charge is 0.253 e. The molecule has 1 aromatic carbocycles. The highest BCUT2D eigenvalue weighted by atomic mass is 19.1. The lowest BCUT2D eigenvalue weighted by molar-refractivity contribution is 0.0937. The molecule has 2 N–H and O–H groups in total. The van der Waals surface area contributed by atoms with E-state index in [1.807, 2.05) is 0 Å². The van der Waals surface area contributed by atoms with Gasteiger partial charge < -0.3 is 15.4 Å². The van der Waals surface area contributed by atoms with Crippen LogP contribution in [0.25, 0.3) is 0 Å². The van der Waals surface area contributed by atoms with Gasteiger partial charge in [-0.15, -0.1) is 0 Å². The number of ether oxygens (including phenoxy) is 1. The predicted molar refractivity (Wildman–Crippen MR) is 87.0 cm³/mol. The quantitative estimate of drug-likeness (QED) is 0.733. The Morgan fingerprint density at radius 3 is 2.74 bits per heavy atom. The summed E-state index contributed by atoms with van der Waals surface area (Å²) in [7, 11) is 1.58. The van der Waals surface area contributed by atoms with Crippen LogP contribution in [0.3, 0.4) is 0 Å². The third-order valence-electron chi connectivity index (χ3n) is 3.25. The van der Waals surface area contributed by atoms with E-state index in [2.05, 4.69) is 15.6 Å². The van der Waals surface area contributed by atoms with Gasteiger partial charge in [0, 0.05) is 32.6 Å². The number of methoxy groups -OCH3 is 1. The van der Waals surface area contributed by atoms with Gasteiger partial charge in [0.2, 0.25) is 0 Å². The molecule has 122 valence electrons. The van der Waals surface area contributed by atoms with Crippen molar-refractivity contribution in [1.29, 1.82) is 0 Å². The maximum absolute atomic E-state index is 12.8. The minimum Gasteiger partial charge on any atom is -0.383 e. The van der Waals surface area contributed by atoms with Crippen LogP contribution in [0.1, 0.15) is 15.9 Å². The van der Waals surface area contributed by atoms with E-state index in [1.54, 1.807) is 31.5 Å². The Hall–Kier alpha value is -2.47. The summed E-state index contributed by atoms with van der Waals surface area (Å²) in [5, 5.41) is 5.96. The Morgan fingerprint density at radius 1 is 1.22 bits per heavy atom. The number of halogens is 1. The highest BCUT2D eigenvalue weighted by Gasteiger charge is 2.06. The number of pyridine rings is 1. The summed E-state index contributed by atoms with van der Waals surface area (Å²) in [5.74, 6) is -0.421. The Morgan fingerprint density at radius 2 is 2.00 bits per heavy atom. The normalized spacial score (nSPS) is 10.3. The van der Waals surface area contributed by atoms with E-state index in [1.165, 1.54) is 18.3 Å². The van der Waals surface area contributed by atoms with Crippen molar-refractivity contribution in [3.63, 3.8) is 0 Å². The summed E-state index contributed by atoms with van der Waals surface area (Å²) in [6.07, 6.45) is 3.94. The predicted octanol–water partition coefficient (Wildman–Crippen LogP) is 2.25. The zero-order valence-electron chi connectivity index (χ0n) is 13.0. The van der Waals surface area contributed by atoms with E-state index in [-0.39, 0.29) is 11.7 Å². The van der Waals surface area contributed by atoms with Crippen LogP contribution in [-0.2, 0) is 11.2 Å². The second-order valence-corrected chi connectivity index (χ2v) is 5.01. The number of nitrogens with one attached hydrogen (secondary N) is 2. The van der Waals surface area contributed by atoms with Crippen LogP contribution < -0.4 is 10.6 Å². The lowest BCUT2D eigenvalue weighted by atomic mass is 10.1. The molecule has 0 radical (unpaired) electrons. The van der Waals surface area contributed by atoms with Gasteiger partial charge >= 0.3 is 0 Å². The first kappa shape index (κ1) is 16.9. The molecular formula is C17H20FN3O2. The maximum Gasteiger partial charge on any atom is 0.253 e. The Balaban J connectivity index is 1.84. The van der Waals surface area contributed by atoms with E-state index in [0.717, 1.165) is 17.7 Å². The molecule has 0 aliphatic heterocycles. The molecule has 0 bridgehead atoms. The number of rotatable bonds is 8. The summed E-state index contributed by atoms with van der Waals surface area (Å²) in [5.41, 5.74) is 2.31. The van der Waals surface area contributed by atoms with Crippen molar-refractivity contribution in [2.75, 3.05) is 32.1 Å². The number of hydrogen-bond acceptors (Lipinski definition) is 4. The molecule has 0 aliphatic rings. The topological polar surface area (TPSA) is 63.2 Å². The monoisotopic (exact) mass is 317 g/mol. The van der Waals surface area contributed by atoms with Gasteiger partial charge in [-0.05, 0) is 30.2 Å². The molecule has 1 aromatic heterocycles. The fraction of sp³-hybridized carbons (Fsp3) is 0.294. The van der Waals surface area contributed by atoms with Crippen molar-refractivity contribution < 1.29 is 13.9 Å². The summed E-state index contributed by atoms with van der Waals surface area (Å²) in [6.45, 7) is 1.59. The minimum atomic E-state index is -0.238. The van der Waals surface area contributed by atoms with Gasteiger partial charge in [0.05, 0.1) is 17.9 Å². The minimum absolute atomic E-state index is 0.184. The first-order valence-corrected chi connectivity index (χ1v) is 7.39. The zero-order valence-corrected chi connectivity index (χ0v) is 13.0. The molecule has 0 spiro atoms. The van der Waals surface area contributed by atoms with Crippen LogP contribution >= 0.6 is 0 Å². The van der Waals surface area contributed by atoms with E-state index in [9.17, 15) is 9.18 Å². The van der Waals surface area contributed by atoms with Gasteiger partial charge in [-0.2, -0.15) is 0 Å². The number of carbonyl (C=O) groups is 1. The SMILES string of the molecule is COCCNC(=O)c1cncc(NCCc2ccc(F)cc2)c1. The van der Waals surface area contributed by atoms with Gasteiger partial charge in [0.15, 0.2) is 0 Å². The van der Waals surface area contributed by atoms with Crippen molar-refractivity contribution in [3.05, 3.63) is 59.7 Å². The van der Waals surface area contributed by atoms with E-state index in [0.29, 0.717) is 25.3 Å². The lowest BCUT2D eigenvalue weighted by Crippen LogP contribution is -2.27. The van der Waals surface area contributed by atoms with E-state index >= 15 is 0 Å². The molecule has 0 aliphatic carbocycles. The Kier molecular flexibility index (Phi) is 6.50. The number of carbonyl (C=O) groups excluding carboxylic acids is 1. The Bertz CT molecular complexity index is 632. The largest absolute Gasteiger partial charge is 0.383 e. The first-order chi connectivity index (χ1) is 11.2. The van der Waals surface area contributed by atoms with Gasteiger partial charge in [0.1, 0.15) is 5.82 Å². The Labute approximate surface area is 134 Å². The highest BCUT2D eigenvalue weighted by molar-refractivity contribution is 5.94. The van der Waals surface area contributed by atoms with Crippen LogP contribution in [0.4, 0.5) is 10.1 Å². The van der Waals surface area contributed by atoms with Crippen molar-refractivity contribution >= 4 is 11.6 Å². The molecule has 1 heterocycles. The van der Waals surface area contributed by atoms with Crippen molar-refractivity contribution in [1.82, 2.24) is 10.3 Å². The van der Waals surface area contributed by atoms with Gasteiger partial charge in [-0.25, -0.2) is 4.39 Å². The molecule has 0 fully saturated rings. The number of amides is 1. The fourth-order valence-electron chi connectivity index (χ4n) is 2.03. The molecule has 23 heavy (non-hydrogen) atoms. The summed E-state index contributed by atoms with van der Waals surface area (Å²) in [4.78, 5) is 16.0. The summed E-state index contributed by atoms with van der Waals surface area (Å²) in [6, 6.07) is 8.16. The number of nitrogens with zero attached hydrogens (tertiary/aromatic N) is 1. The molecule has 0 saturated carbocycles. The standard InChI is InChI=1S/C17H20FN3O2/c1-23-9-8-21-17(22)14-10-16(12-19-11-14)20-7-6-13-2-4-15(18)5-3-13/h2-5,10-12,20H,6-9H2,1H3,(H,21,22). The molecule has 0 saturated heterocycles. The van der Waals surface area contributed by atoms with Crippen molar-refractivity contribution in [3.8, 4) is 0 Å². The number of anilines is 1. The molecule has 0 atom stereocenters. The molecule has 1 amide bonds. The van der Waals surface area contributed by atoms with Crippen LogP contribution in [0.15, 0.2) is 42.7 Å². The third kappa shape index (κ3) is 5.67. The van der Waals surface area contributed by atoms with Crippen LogP contribution in [-0.4, -0.2) is 37.7 Å². The van der Waals surface area contributed by atoms with Crippen molar-refractivity contribution in [2.45, 2.75) is 6.42 Å². The summed E-state index contributed by atoms with van der Waals surface area (Å²) < 4.78 is 17.7. The number of hydrogen-bond donors (Lipinski definition) is 2. The first-order valence-electron chi connectivity index (χ1n) is 7.39. The average Bonchev–Trinajstić information content (AvgIpc) is 2.57. The molecule has 5 nitrogen and oxygen atoms in total. The molecule has 2 aromatic rings.